The molecule has 2 rings (SSSR count). The summed E-state index contributed by atoms with van der Waals surface area (Å²) in [6, 6.07) is 0.132. The summed E-state index contributed by atoms with van der Waals surface area (Å²) in [4.78, 5) is 15.6. The molecule has 0 spiro atoms. The Morgan fingerprint density at radius 2 is 2.56 bits per heavy atom. The fourth-order valence-corrected chi connectivity index (χ4v) is 2.30. The van der Waals surface area contributed by atoms with Crippen molar-refractivity contribution in [3.8, 4) is 0 Å². The molecule has 1 fully saturated rings. The highest BCUT2D eigenvalue weighted by atomic mass is 16.1. The smallest absolute Gasteiger partial charge is 0.222 e. The van der Waals surface area contributed by atoms with Gasteiger partial charge in [-0.2, -0.15) is 0 Å². The van der Waals surface area contributed by atoms with Gasteiger partial charge in [-0.25, -0.2) is 4.98 Å². The van der Waals surface area contributed by atoms with Crippen LogP contribution in [0.2, 0.25) is 0 Å². The molecule has 0 radical (unpaired) electrons. The second kappa shape index (κ2) is 4.65. The molecule has 1 aliphatic rings. The number of aryl methyl sites for hydroxylation is 1. The molecule has 1 aliphatic heterocycles. The van der Waals surface area contributed by atoms with Crippen molar-refractivity contribution in [1.29, 1.82) is 0 Å². The number of imidazole rings is 1. The van der Waals surface area contributed by atoms with Gasteiger partial charge in [0.2, 0.25) is 5.91 Å². The number of carbonyl (C=O) groups is 1. The monoisotopic (exact) mass is 222 g/mol. The number of piperidine rings is 1. The minimum Gasteiger partial charge on any atom is -0.369 e. The molecule has 0 aromatic carbocycles. The Morgan fingerprint density at radius 3 is 3.19 bits per heavy atom. The lowest BCUT2D eigenvalue weighted by Crippen LogP contribution is -2.48. The highest BCUT2D eigenvalue weighted by Crippen LogP contribution is 2.18. The maximum Gasteiger partial charge on any atom is 0.222 e. The zero-order valence-corrected chi connectivity index (χ0v) is 9.52. The van der Waals surface area contributed by atoms with E-state index in [0.29, 0.717) is 0 Å². The van der Waals surface area contributed by atoms with Crippen LogP contribution in [-0.4, -0.2) is 28.0 Å². The van der Waals surface area contributed by atoms with E-state index in [2.05, 4.69) is 10.3 Å². The van der Waals surface area contributed by atoms with Crippen molar-refractivity contribution >= 4 is 5.91 Å². The number of carbonyl (C=O) groups excluding carboxylic acids is 1. The molecule has 5 heteroatoms. The van der Waals surface area contributed by atoms with Crippen LogP contribution in [0.5, 0.6) is 0 Å². The van der Waals surface area contributed by atoms with Gasteiger partial charge in [0, 0.05) is 31.9 Å². The first kappa shape index (κ1) is 11.1. The molecule has 2 heterocycles. The van der Waals surface area contributed by atoms with E-state index in [4.69, 9.17) is 5.73 Å². The lowest BCUT2D eigenvalue weighted by Gasteiger charge is -2.30. The van der Waals surface area contributed by atoms with E-state index in [1.54, 1.807) is 6.20 Å². The minimum atomic E-state index is -0.202. The van der Waals surface area contributed by atoms with Crippen LogP contribution < -0.4 is 11.1 Å². The molecule has 1 aromatic heterocycles. The Balaban J connectivity index is 2.07. The maximum absolute atomic E-state index is 11.3. The predicted octanol–water partition coefficient (Wildman–Crippen LogP) is -0.184. The quantitative estimate of drug-likeness (QED) is 0.745. The molecule has 16 heavy (non-hydrogen) atoms. The average Bonchev–Trinajstić information content (AvgIpc) is 2.65. The van der Waals surface area contributed by atoms with E-state index in [-0.39, 0.29) is 17.9 Å². The number of hydrogen-bond acceptors (Lipinski definition) is 3. The molecule has 1 aromatic rings. The Bertz CT molecular complexity index is 374. The summed E-state index contributed by atoms with van der Waals surface area (Å²) >= 11 is 0. The molecule has 1 saturated heterocycles. The molecule has 0 saturated carbocycles. The Kier molecular flexibility index (Phi) is 3.24. The minimum absolute atomic E-state index is 0.0644. The number of amides is 1. The number of nitrogens with two attached hydrogens (primary N) is 1. The van der Waals surface area contributed by atoms with Crippen molar-refractivity contribution in [2.75, 3.05) is 6.54 Å². The molecule has 0 bridgehead atoms. The van der Waals surface area contributed by atoms with E-state index < -0.39 is 0 Å². The van der Waals surface area contributed by atoms with Crippen LogP contribution in [-0.2, 0) is 18.3 Å². The van der Waals surface area contributed by atoms with Gasteiger partial charge in [-0.15, -0.1) is 0 Å². The van der Waals surface area contributed by atoms with Gasteiger partial charge in [-0.05, 0) is 19.4 Å². The van der Waals surface area contributed by atoms with Crippen LogP contribution in [0, 0.1) is 5.92 Å². The molecule has 88 valence electrons. The van der Waals surface area contributed by atoms with Crippen molar-refractivity contribution in [3.05, 3.63) is 18.2 Å². The maximum atomic E-state index is 11.3. The lowest BCUT2D eigenvalue weighted by molar-refractivity contribution is -0.123. The first-order valence-electron chi connectivity index (χ1n) is 5.67. The van der Waals surface area contributed by atoms with E-state index in [1.807, 2.05) is 17.8 Å². The van der Waals surface area contributed by atoms with Crippen LogP contribution in [0.15, 0.2) is 12.4 Å². The van der Waals surface area contributed by atoms with Crippen molar-refractivity contribution < 1.29 is 4.79 Å². The summed E-state index contributed by atoms with van der Waals surface area (Å²) in [5.41, 5.74) is 5.42. The molecule has 5 nitrogen and oxygen atoms in total. The number of primary amides is 1. The van der Waals surface area contributed by atoms with Gasteiger partial charge in [0.15, 0.2) is 0 Å². The van der Waals surface area contributed by atoms with E-state index in [9.17, 15) is 4.79 Å². The highest BCUT2D eigenvalue weighted by Gasteiger charge is 2.29. The Hall–Kier alpha value is -1.36. The van der Waals surface area contributed by atoms with Crippen molar-refractivity contribution in [2.24, 2.45) is 18.7 Å². The normalized spacial score (nSPS) is 25.6. The van der Waals surface area contributed by atoms with Gasteiger partial charge in [-0.1, -0.05) is 0 Å². The molecular formula is C11H18N4O. The van der Waals surface area contributed by atoms with Crippen molar-refractivity contribution in [3.63, 3.8) is 0 Å². The topological polar surface area (TPSA) is 72.9 Å². The number of nitrogens with zero attached hydrogens (tertiary/aromatic N) is 2. The summed E-state index contributed by atoms with van der Waals surface area (Å²) in [7, 11) is 1.96. The zero-order valence-electron chi connectivity index (χ0n) is 9.52. The number of hydrogen-bond donors (Lipinski definition) is 2. The number of nitrogens with one attached hydrogen (secondary N) is 1. The van der Waals surface area contributed by atoms with Gasteiger partial charge in [-0.3, -0.25) is 4.79 Å². The fourth-order valence-electron chi connectivity index (χ4n) is 2.30. The third-order valence-electron chi connectivity index (χ3n) is 3.27. The predicted molar refractivity (Wildman–Crippen MR) is 60.6 cm³/mol. The summed E-state index contributed by atoms with van der Waals surface area (Å²) in [5, 5.41) is 3.36. The Morgan fingerprint density at radius 1 is 1.75 bits per heavy atom. The van der Waals surface area contributed by atoms with Crippen LogP contribution in [0.1, 0.15) is 18.7 Å². The Labute approximate surface area is 95.0 Å². The van der Waals surface area contributed by atoms with Crippen LogP contribution in [0.4, 0.5) is 0 Å². The van der Waals surface area contributed by atoms with Gasteiger partial charge in [0.25, 0.3) is 0 Å². The summed E-state index contributed by atoms with van der Waals surface area (Å²) in [6.07, 6.45) is 6.36. The third-order valence-corrected chi connectivity index (χ3v) is 3.27. The van der Waals surface area contributed by atoms with E-state index in [1.165, 1.54) is 0 Å². The SMILES string of the molecule is Cn1ccnc1CC1NCCCC1C(N)=O. The zero-order chi connectivity index (χ0) is 11.5. The largest absolute Gasteiger partial charge is 0.369 e. The first-order valence-corrected chi connectivity index (χ1v) is 5.67. The van der Waals surface area contributed by atoms with Gasteiger partial charge >= 0.3 is 0 Å². The molecule has 2 unspecified atom stereocenters. The molecule has 2 atom stereocenters. The van der Waals surface area contributed by atoms with E-state index >= 15 is 0 Å². The lowest BCUT2D eigenvalue weighted by atomic mass is 9.88. The van der Waals surface area contributed by atoms with Crippen LogP contribution >= 0.6 is 0 Å². The summed E-state index contributed by atoms with van der Waals surface area (Å²) in [5.74, 6) is 0.725. The van der Waals surface area contributed by atoms with Crippen LogP contribution in [0.25, 0.3) is 0 Å². The highest BCUT2D eigenvalue weighted by molar-refractivity contribution is 5.77. The van der Waals surface area contributed by atoms with Gasteiger partial charge < -0.3 is 15.6 Å². The number of aromatic nitrogens is 2. The molecule has 3 N–H and O–H groups in total. The first-order chi connectivity index (χ1) is 7.68. The van der Waals surface area contributed by atoms with Crippen molar-refractivity contribution in [1.82, 2.24) is 14.9 Å². The third kappa shape index (κ3) is 2.24. The van der Waals surface area contributed by atoms with Crippen LogP contribution in [0.3, 0.4) is 0 Å². The second-order valence-electron chi connectivity index (χ2n) is 4.37. The fraction of sp³-hybridized carbons (Fsp3) is 0.636. The molecule has 0 aliphatic carbocycles. The summed E-state index contributed by atoms with van der Waals surface area (Å²) < 4.78 is 1.98. The number of rotatable bonds is 3. The molecular weight excluding hydrogens is 204 g/mol. The average molecular weight is 222 g/mol. The van der Waals surface area contributed by atoms with Gasteiger partial charge in [0.05, 0.1) is 5.92 Å². The van der Waals surface area contributed by atoms with E-state index in [0.717, 1.165) is 31.6 Å². The summed E-state index contributed by atoms with van der Waals surface area (Å²) in [6.45, 7) is 0.957. The molecule has 1 amide bonds. The standard InChI is InChI=1S/C11H18N4O/c1-15-6-5-14-10(15)7-9-8(11(12)16)3-2-4-13-9/h5-6,8-9,13H,2-4,7H2,1H3,(H2,12,16). The van der Waals surface area contributed by atoms with Gasteiger partial charge in [0.1, 0.15) is 5.82 Å². The second-order valence-corrected chi connectivity index (χ2v) is 4.37. The van der Waals surface area contributed by atoms with Crippen molar-refractivity contribution in [2.45, 2.75) is 25.3 Å².